The van der Waals surface area contributed by atoms with Crippen LogP contribution in [0, 0.1) is 6.92 Å². The molecule has 4 rings (SSSR count). The van der Waals surface area contributed by atoms with Crippen molar-refractivity contribution in [3.8, 4) is 0 Å². The highest BCUT2D eigenvalue weighted by molar-refractivity contribution is 5.76. The number of piperidine rings is 2. The summed E-state index contributed by atoms with van der Waals surface area (Å²) < 4.78 is 5.56. The molecule has 0 amide bonds. The fraction of sp³-hybridized carbons (Fsp3) is 0.600. The van der Waals surface area contributed by atoms with E-state index in [1.807, 2.05) is 26.1 Å². The van der Waals surface area contributed by atoms with E-state index >= 15 is 0 Å². The van der Waals surface area contributed by atoms with Crippen molar-refractivity contribution >= 4 is 24.1 Å². The fourth-order valence-electron chi connectivity index (χ4n) is 3.68. The Morgan fingerprint density at radius 1 is 0.893 bits per heavy atom. The van der Waals surface area contributed by atoms with Crippen LogP contribution in [-0.4, -0.2) is 54.4 Å². The molecule has 4 heterocycles. The molecule has 0 spiro atoms. The van der Waals surface area contributed by atoms with Gasteiger partial charge in [-0.15, -0.1) is 0 Å². The number of hydrazone groups is 1. The second-order valence-electron chi connectivity index (χ2n) is 7.55. The first-order valence-corrected chi connectivity index (χ1v) is 10.3. The number of hydrogen-bond donors (Lipinski definition) is 0. The van der Waals surface area contributed by atoms with Gasteiger partial charge in [-0.3, -0.25) is 0 Å². The lowest BCUT2D eigenvalue weighted by Crippen LogP contribution is -2.35. The van der Waals surface area contributed by atoms with Gasteiger partial charge in [-0.2, -0.15) is 20.1 Å². The molecular weight excluding hydrogens is 354 g/mol. The van der Waals surface area contributed by atoms with Crippen molar-refractivity contribution in [2.75, 3.05) is 48.0 Å². The van der Waals surface area contributed by atoms with E-state index in [0.29, 0.717) is 11.7 Å². The second-order valence-corrected chi connectivity index (χ2v) is 7.55. The summed E-state index contributed by atoms with van der Waals surface area (Å²) in [6.07, 6.45) is 8.99. The first kappa shape index (κ1) is 18.7. The number of rotatable bonds is 5. The lowest BCUT2D eigenvalue weighted by Gasteiger charge is -2.30. The van der Waals surface area contributed by atoms with Gasteiger partial charge in [-0.1, -0.05) is 0 Å². The Bertz CT molecular complexity index is 770. The van der Waals surface area contributed by atoms with Gasteiger partial charge >= 0.3 is 0 Å². The molecule has 2 fully saturated rings. The maximum atomic E-state index is 5.56. The quantitative estimate of drug-likeness (QED) is 0.580. The van der Waals surface area contributed by atoms with Crippen molar-refractivity contribution in [1.82, 2.24) is 15.0 Å². The Labute approximate surface area is 166 Å². The predicted molar refractivity (Wildman–Crippen MR) is 111 cm³/mol. The summed E-state index contributed by atoms with van der Waals surface area (Å²) in [6.45, 7) is 5.93. The summed E-state index contributed by atoms with van der Waals surface area (Å²) in [6, 6.07) is 3.83. The van der Waals surface area contributed by atoms with Gasteiger partial charge in [0.15, 0.2) is 0 Å². The van der Waals surface area contributed by atoms with E-state index in [0.717, 1.165) is 43.8 Å². The topological polar surface area (TPSA) is 73.9 Å². The lowest BCUT2D eigenvalue weighted by atomic mass is 10.1. The summed E-state index contributed by atoms with van der Waals surface area (Å²) in [5.41, 5.74) is 0. The van der Waals surface area contributed by atoms with E-state index in [9.17, 15) is 0 Å². The van der Waals surface area contributed by atoms with Crippen LogP contribution in [0.15, 0.2) is 21.7 Å². The van der Waals surface area contributed by atoms with Gasteiger partial charge in [0, 0.05) is 33.2 Å². The Morgan fingerprint density at radius 2 is 1.46 bits per heavy atom. The van der Waals surface area contributed by atoms with Crippen LogP contribution in [0.3, 0.4) is 0 Å². The average molecular weight is 384 g/mol. The average Bonchev–Trinajstić information content (AvgIpc) is 3.18. The number of aryl methyl sites for hydroxylation is 1. The third-order valence-electron chi connectivity index (χ3n) is 5.29. The molecule has 8 heteroatoms. The van der Waals surface area contributed by atoms with E-state index in [4.69, 9.17) is 19.4 Å². The summed E-state index contributed by atoms with van der Waals surface area (Å²) in [5, 5.41) is 6.17. The lowest BCUT2D eigenvalue weighted by molar-refractivity contribution is 0.527. The standard InChI is InChI=1S/C20H29N7O/c1-16-9-10-17(28-16)15-21-25(2)18-22-19(26-11-5-3-6-12-26)24-20(23-18)27-13-7-4-8-14-27/h9-10,15H,3-8,11-14H2,1-2H3. The van der Waals surface area contributed by atoms with Gasteiger partial charge in [0.1, 0.15) is 11.5 Å². The Balaban J connectivity index is 1.61. The third kappa shape index (κ3) is 4.43. The molecule has 0 bridgehead atoms. The van der Waals surface area contributed by atoms with Gasteiger partial charge in [-0.25, -0.2) is 5.01 Å². The molecule has 2 aromatic heterocycles. The zero-order valence-electron chi connectivity index (χ0n) is 16.8. The Kier molecular flexibility index (Phi) is 5.73. The summed E-state index contributed by atoms with van der Waals surface area (Å²) in [5.74, 6) is 3.67. The Morgan fingerprint density at radius 3 is 1.96 bits per heavy atom. The highest BCUT2D eigenvalue weighted by Crippen LogP contribution is 2.23. The van der Waals surface area contributed by atoms with Crippen LogP contribution >= 0.6 is 0 Å². The molecule has 2 saturated heterocycles. The molecule has 0 unspecified atom stereocenters. The highest BCUT2D eigenvalue weighted by atomic mass is 16.3. The van der Waals surface area contributed by atoms with Crippen LogP contribution in [0.1, 0.15) is 50.0 Å². The molecule has 0 atom stereocenters. The van der Waals surface area contributed by atoms with Crippen LogP contribution in [0.4, 0.5) is 17.8 Å². The molecule has 0 N–H and O–H groups in total. The summed E-state index contributed by atoms with van der Waals surface area (Å²) in [7, 11) is 1.86. The summed E-state index contributed by atoms with van der Waals surface area (Å²) >= 11 is 0. The monoisotopic (exact) mass is 383 g/mol. The molecule has 0 radical (unpaired) electrons. The zero-order chi connectivity index (χ0) is 19.3. The smallest absolute Gasteiger partial charge is 0.252 e. The van der Waals surface area contributed by atoms with Crippen molar-refractivity contribution in [2.45, 2.75) is 45.4 Å². The molecule has 28 heavy (non-hydrogen) atoms. The van der Waals surface area contributed by atoms with E-state index in [-0.39, 0.29) is 0 Å². The van der Waals surface area contributed by atoms with Crippen LogP contribution < -0.4 is 14.8 Å². The zero-order valence-corrected chi connectivity index (χ0v) is 16.8. The molecule has 0 aliphatic carbocycles. The minimum absolute atomic E-state index is 0.565. The van der Waals surface area contributed by atoms with E-state index in [2.05, 4.69) is 14.9 Å². The normalized spacial score (nSPS) is 18.1. The largest absolute Gasteiger partial charge is 0.460 e. The van der Waals surface area contributed by atoms with Gasteiger partial charge in [0.25, 0.3) is 5.95 Å². The predicted octanol–water partition coefficient (Wildman–Crippen LogP) is 3.22. The second kappa shape index (κ2) is 8.58. The molecule has 0 saturated carbocycles. The van der Waals surface area contributed by atoms with Crippen LogP contribution in [0.5, 0.6) is 0 Å². The maximum absolute atomic E-state index is 5.56. The van der Waals surface area contributed by atoms with Crippen molar-refractivity contribution < 1.29 is 4.42 Å². The highest BCUT2D eigenvalue weighted by Gasteiger charge is 2.21. The molecule has 8 nitrogen and oxygen atoms in total. The van der Waals surface area contributed by atoms with Crippen LogP contribution in [0.2, 0.25) is 0 Å². The number of aromatic nitrogens is 3. The Hall–Kier alpha value is -2.64. The van der Waals surface area contributed by atoms with Gasteiger partial charge in [0.2, 0.25) is 11.9 Å². The first-order valence-electron chi connectivity index (χ1n) is 10.3. The molecule has 2 aromatic rings. The molecule has 0 aromatic carbocycles. The fourth-order valence-corrected chi connectivity index (χ4v) is 3.68. The SMILES string of the molecule is Cc1ccc(C=NN(C)c2nc(N3CCCCC3)nc(N3CCCCC3)n2)o1. The maximum Gasteiger partial charge on any atom is 0.252 e. The molecule has 2 aliphatic rings. The molecular formula is C20H29N7O. The van der Waals surface area contributed by atoms with Gasteiger partial charge in [0.05, 0.1) is 6.21 Å². The number of anilines is 3. The van der Waals surface area contributed by atoms with Crippen LogP contribution in [-0.2, 0) is 0 Å². The van der Waals surface area contributed by atoms with Crippen molar-refractivity contribution in [3.05, 3.63) is 23.7 Å². The van der Waals surface area contributed by atoms with Crippen molar-refractivity contribution in [3.63, 3.8) is 0 Å². The van der Waals surface area contributed by atoms with E-state index in [1.54, 1.807) is 11.2 Å². The van der Waals surface area contributed by atoms with E-state index in [1.165, 1.54) is 38.5 Å². The third-order valence-corrected chi connectivity index (χ3v) is 5.29. The minimum atomic E-state index is 0.565. The minimum Gasteiger partial charge on any atom is -0.460 e. The summed E-state index contributed by atoms with van der Waals surface area (Å²) in [4.78, 5) is 18.8. The van der Waals surface area contributed by atoms with E-state index < -0.39 is 0 Å². The molecule has 2 aliphatic heterocycles. The van der Waals surface area contributed by atoms with Crippen molar-refractivity contribution in [2.24, 2.45) is 5.10 Å². The number of furan rings is 1. The van der Waals surface area contributed by atoms with Gasteiger partial charge < -0.3 is 14.2 Å². The number of nitrogens with zero attached hydrogens (tertiary/aromatic N) is 7. The first-order chi connectivity index (χ1) is 13.7. The van der Waals surface area contributed by atoms with Gasteiger partial charge in [-0.05, 0) is 57.6 Å². The van der Waals surface area contributed by atoms with Crippen LogP contribution in [0.25, 0.3) is 0 Å². The molecule has 150 valence electrons. The van der Waals surface area contributed by atoms with Crippen molar-refractivity contribution in [1.29, 1.82) is 0 Å². The number of hydrogen-bond acceptors (Lipinski definition) is 8.